The van der Waals surface area contributed by atoms with Crippen molar-refractivity contribution >= 4 is 29.1 Å². The van der Waals surface area contributed by atoms with E-state index in [2.05, 4.69) is 4.99 Å². The molecule has 1 atom stereocenters. The molecule has 0 spiro atoms. The number of carbonyl (C=O) groups is 2. The molecule has 2 aliphatic rings. The largest absolute Gasteiger partial charge is 0.454 e. The topological polar surface area (TPSA) is 68.2 Å². The molecule has 26 heavy (non-hydrogen) atoms. The summed E-state index contributed by atoms with van der Waals surface area (Å²) in [6, 6.07) is 14.7. The highest BCUT2D eigenvalue weighted by Crippen LogP contribution is 2.32. The minimum absolute atomic E-state index is 0.0743. The fraction of sp³-hybridized carbons (Fsp3) is 0.211. The Labute approximate surface area is 155 Å². The number of ether oxygens (including phenoxy) is 2. The summed E-state index contributed by atoms with van der Waals surface area (Å²) >= 11 is 6.16. The van der Waals surface area contributed by atoms with Crippen molar-refractivity contribution in [2.75, 3.05) is 6.79 Å². The van der Waals surface area contributed by atoms with Crippen molar-refractivity contribution in [3.8, 4) is 11.5 Å². The summed E-state index contributed by atoms with van der Waals surface area (Å²) in [7, 11) is 0. The molecular weight excluding hydrogens is 356 g/mol. The number of rotatable bonds is 4. The number of amides is 2. The van der Waals surface area contributed by atoms with E-state index in [-0.39, 0.29) is 25.6 Å². The van der Waals surface area contributed by atoms with Crippen LogP contribution in [-0.2, 0) is 22.7 Å². The van der Waals surface area contributed by atoms with Crippen molar-refractivity contribution in [2.24, 2.45) is 4.99 Å². The molecule has 0 radical (unpaired) electrons. The van der Waals surface area contributed by atoms with Crippen molar-refractivity contribution < 1.29 is 19.1 Å². The van der Waals surface area contributed by atoms with Crippen LogP contribution >= 0.6 is 11.6 Å². The Bertz CT molecular complexity index is 898. The van der Waals surface area contributed by atoms with Crippen molar-refractivity contribution in [2.45, 2.75) is 18.5 Å². The maximum Gasteiger partial charge on any atom is 0.276 e. The second-order valence-corrected chi connectivity index (χ2v) is 6.40. The first-order valence-electron chi connectivity index (χ1n) is 8.10. The highest BCUT2D eigenvalue weighted by Gasteiger charge is 2.43. The lowest BCUT2D eigenvalue weighted by Crippen LogP contribution is -2.30. The number of likely N-dealkylation sites (tertiary alicyclic amines) is 1. The van der Waals surface area contributed by atoms with Crippen LogP contribution in [0.25, 0.3) is 0 Å². The van der Waals surface area contributed by atoms with Crippen molar-refractivity contribution in [1.29, 1.82) is 0 Å². The van der Waals surface area contributed by atoms with E-state index in [0.29, 0.717) is 11.5 Å². The van der Waals surface area contributed by atoms with Crippen molar-refractivity contribution in [3.05, 3.63) is 59.7 Å². The normalized spacial score (nSPS) is 20.3. The van der Waals surface area contributed by atoms with Gasteiger partial charge in [-0.05, 0) is 23.3 Å². The maximum atomic E-state index is 12.6. The second kappa shape index (κ2) is 6.80. The average molecular weight is 371 g/mol. The van der Waals surface area contributed by atoms with Crippen molar-refractivity contribution in [1.82, 2.24) is 4.90 Å². The summed E-state index contributed by atoms with van der Waals surface area (Å²) in [5, 5.41) is -1.06. The molecule has 132 valence electrons. The lowest BCUT2D eigenvalue weighted by Gasteiger charge is -2.12. The number of carbonyl (C=O) groups excluding carboxylic acids is 2. The number of benzene rings is 2. The van der Waals surface area contributed by atoms with Gasteiger partial charge in [0.1, 0.15) is 5.71 Å². The van der Waals surface area contributed by atoms with Crippen LogP contribution in [0.15, 0.2) is 53.5 Å². The minimum atomic E-state index is -1.06. The molecule has 2 aromatic carbocycles. The number of alkyl halides is 1. The number of hydrogen-bond donors (Lipinski definition) is 0. The third-order valence-corrected chi connectivity index (χ3v) is 4.63. The van der Waals surface area contributed by atoms with Gasteiger partial charge >= 0.3 is 0 Å². The molecule has 1 fully saturated rings. The Morgan fingerprint density at radius 2 is 1.81 bits per heavy atom. The molecule has 2 heterocycles. The summed E-state index contributed by atoms with van der Waals surface area (Å²) in [5.41, 5.74) is 1.77. The van der Waals surface area contributed by atoms with Gasteiger partial charge in [-0.2, -0.15) is 0 Å². The lowest BCUT2D eigenvalue weighted by molar-refractivity contribution is -0.137. The van der Waals surface area contributed by atoms with E-state index in [1.165, 1.54) is 0 Å². The third-order valence-electron chi connectivity index (χ3n) is 4.24. The third kappa shape index (κ3) is 3.04. The van der Waals surface area contributed by atoms with Gasteiger partial charge in [0.05, 0.1) is 13.1 Å². The van der Waals surface area contributed by atoms with Crippen LogP contribution in [0.4, 0.5) is 0 Å². The van der Waals surface area contributed by atoms with Gasteiger partial charge in [0.25, 0.3) is 11.8 Å². The number of fused-ring (bicyclic) bond motifs is 1. The summed E-state index contributed by atoms with van der Waals surface area (Å²) in [6.07, 6.45) is 0. The monoisotopic (exact) mass is 370 g/mol. The summed E-state index contributed by atoms with van der Waals surface area (Å²) in [5.74, 6) is 0.437. The van der Waals surface area contributed by atoms with Gasteiger partial charge in [-0.1, -0.05) is 36.4 Å². The van der Waals surface area contributed by atoms with Gasteiger partial charge in [0.15, 0.2) is 16.9 Å². The fourth-order valence-electron chi connectivity index (χ4n) is 2.88. The van der Waals surface area contributed by atoms with E-state index in [1.54, 1.807) is 12.1 Å². The van der Waals surface area contributed by atoms with Crippen LogP contribution in [-0.4, -0.2) is 34.6 Å². The van der Waals surface area contributed by atoms with E-state index in [1.807, 2.05) is 36.4 Å². The van der Waals surface area contributed by atoms with Crippen LogP contribution in [0.5, 0.6) is 11.5 Å². The molecule has 0 N–H and O–H groups in total. The number of nitrogens with zero attached hydrogens (tertiary/aromatic N) is 2. The molecule has 0 aliphatic carbocycles. The van der Waals surface area contributed by atoms with Gasteiger partial charge in [0, 0.05) is 0 Å². The molecule has 0 saturated carbocycles. The molecule has 0 aromatic heterocycles. The standard InChI is InChI=1S/C19H15ClN2O4/c20-16-17(21-9-13-6-7-14-15(8-13)26-11-25-14)19(24)22(18(16)23)10-12-4-2-1-3-5-12/h1-8,16H,9-11H2. The van der Waals surface area contributed by atoms with Gasteiger partial charge in [-0.15, -0.1) is 11.6 Å². The average Bonchev–Trinajstić information content (AvgIpc) is 3.20. The zero-order valence-electron chi connectivity index (χ0n) is 13.7. The fourth-order valence-corrected chi connectivity index (χ4v) is 3.16. The molecule has 4 rings (SSSR count). The molecule has 2 amide bonds. The van der Waals surface area contributed by atoms with Crippen LogP contribution in [0.3, 0.4) is 0 Å². The Balaban J connectivity index is 1.52. The predicted molar refractivity (Wildman–Crippen MR) is 95.3 cm³/mol. The maximum absolute atomic E-state index is 12.6. The minimum Gasteiger partial charge on any atom is -0.454 e. The van der Waals surface area contributed by atoms with E-state index < -0.39 is 17.2 Å². The molecule has 1 unspecified atom stereocenters. The van der Waals surface area contributed by atoms with E-state index in [4.69, 9.17) is 21.1 Å². The SMILES string of the molecule is O=C1C(=NCc2ccc3c(c2)OCO3)C(Cl)C(=O)N1Cc1ccccc1. The van der Waals surface area contributed by atoms with Crippen molar-refractivity contribution in [3.63, 3.8) is 0 Å². The van der Waals surface area contributed by atoms with Crippen LogP contribution in [0, 0.1) is 0 Å². The quantitative estimate of drug-likeness (QED) is 0.612. The zero-order chi connectivity index (χ0) is 18.1. The summed E-state index contributed by atoms with van der Waals surface area (Å²) in [6.45, 7) is 0.608. The predicted octanol–water partition coefficient (Wildman–Crippen LogP) is 2.53. The molecule has 1 saturated heterocycles. The molecule has 0 bridgehead atoms. The Kier molecular flexibility index (Phi) is 4.34. The Hall–Kier alpha value is -2.86. The van der Waals surface area contributed by atoms with Gasteiger partial charge in [-0.3, -0.25) is 19.5 Å². The van der Waals surface area contributed by atoms with Gasteiger partial charge in [0.2, 0.25) is 6.79 Å². The molecular formula is C19H15ClN2O4. The number of halogens is 1. The molecule has 6 nitrogen and oxygen atoms in total. The smallest absolute Gasteiger partial charge is 0.276 e. The number of aliphatic imine (C=N–C) groups is 1. The zero-order valence-corrected chi connectivity index (χ0v) is 14.5. The summed E-state index contributed by atoms with van der Waals surface area (Å²) < 4.78 is 10.6. The summed E-state index contributed by atoms with van der Waals surface area (Å²) in [4.78, 5) is 30.4. The highest BCUT2D eigenvalue weighted by atomic mass is 35.5. The first-order valence-corrected chi connectivity index (χ1v) is 8.53. The molecule has 7 heteroatoms. The van der Waals surface area contributed by atoms with E-state index in [9.17, 15) is 9.59 Å². The second-order valence-electron chi connectivity index (χ2n) is 5.97. The van der Waals surface area contributed by atoms with E-state index >= 15 is 0 Å². The van der Waals surface area contributed by atoms with Gasteiger partial charge < -0.3 is 9.47 Å². The first kappa shape index (κ1) is 16.6. The van der Waals surface area contributed by atoms with Crippen LogP contribution in [0.2, 0.25) is 0 Å². The molecule has 2 aromatic rings. The van der Waals surface area contributed by atoms with E-state index in [0.717, 1.165) is 16.0 Å². The lowest BCUT2D eigenvalue weighted by atomic mass is 10.2. The number of imide groups is 1. The number of hydrogen-bond acceptors (Lipinski definition) is 5. The van der Waals surface area contributed by atoms with Crippen LogP contribution < -0.4 is 9.47 Å². The van der Waals surface area contributed by atoms with Crippen LogP contribution in [0.1, 0.15) is 11.1 Å². The van der Waals surface area contributed by atoms with Gasteiger partial charge in [-0.25, -0.2) is 0 Å². The highest BCUT2D eigenvalue weighted by molar-refractivity contribution is 6.63. The first-order chi connectivity index (χ1) is 12.6. The Morgan fingerprint density at radius 3 is 2.62 bits per heavy atom. The molecule has 2 aliphatic heterocycles. The Morgan fingerprint density at radius 1 is 1.04 bits per heavy atom.